The SMILES string of the molecule is CC(C)(C)[Si](C)(C)OC(CC(=O)O)CC1CCCC(=O)O1. The number of carbonyl (C=O) groups is 2. The fourth-order valence-electron chi connectivity index (χ4n) is 2.20. The van der Waals surface area contributed by atoms with Crippen molar-refractivity contribution in [1.29, 1.82) is 0 Å². The highest BCUT2D eigenvalue weighted by molar-refractivity contribution is 6.74. The minimum Gasteiger partial charge on any atom is -0.481 e. The molecular weight excluding hydrogens is 288 g/mol. The second kappa shape index (κ2) is 6.92. The lowest BCUT2D eigenvalue weighted by Crippen LogP contribution is -2.45. The maximum atomic E-state index is 11.4. The van der Waals surface area contributed by atoms with E-state index in [9.17, 15) is 9.59 Å². The van der Waals surface area contributed by atoms with Gasteiger partial charge in [0.25, 0.3) is 0 Å². The summed E-state index contributed by atoms with van der Waals surface area (Å²) in [6.07, 6.45) is 1.90. The molecule has 0 spiro atoms. The summed E-state index contributed by atoms with van der Waals surface area (Å²) in [7, 11) is -2.04. The summed E-state index contributed by atoms with van der Waals surface area (Å²) in [5.41, 5.74) is 0. The fraction of sp³-hybridized carbons (Fsp3) is 0.867. The van der Waals surface area contributed by atoms with E-state index in [2.05, 4.69) is 33.9 Å². The topological polar surface area (TPSA) is 72.8 Å². The first-order chi connectivity index (χ1) is 9.51. The molecule has 2 unspecified atom stereocenters. The quantitative estimate of drug-likeness (QED) is 0.601. The van der Waals surface area contributed by atoms with E-state index in [1.165, 1.54) is 0 Å². The van der Waals surface area contributed by atoms with E-state index in [-0.39, 0.29) is 29.6 Å². The number of aliphatic carboxylic acids is 1. The van der Waals surface area contributed by atoms with Crippen LogP contribution < -0.4 is 0 Å². The van der Waals surface area contributed by atoms with E-state index >= 15 is 0 Å². The van der Waals surface area contributed by atoms with Gasteiger partial charge in [0.15, 0.2) is 8.32 Å². The standard InChI is InChI=1S/C15H28O5Si/c1-15(2,3)21(4,5)20-12(10-13(16)17)9-11-7-6-8-14(18)19-11/h11-12H,6-10H2,1-5H3,(H,16,17). The molecule has 1 aliphatic heterocycles. The monoisotopic (exact) mass is 316 g/mol. The molecule has 0 bridgehead atoms. The molecule has 21 heavy (non-hydrogen) atoms. The second-order valence-corrected chi connectivity index (χ2v) is 12.1. The van der Waals surface area contributed by atoms with Gasteiger partial charge in [-0.05, 0) is 31.0 Å². The molecular formula is C15H28O5Si. The number of esters is 1. The summed E-state index contributed by atoms with van der Waals surface area (Å²) in [6, 6.07) is 0. The molecule has 1 fully saturated rings. The van der Waals surface area contributed by atoms with Crippen LogP contribution in [-0.4, -0.2) is 37.6 Å². The summed E-state index contributed by atoms with van der Waals surface area (Å²) in [5, 5.41) is 9.11. The minimum absolute atomic E-state index is 0.0208. The van der Waals surface area contributed by atoms with Crippen LogP contribution in [0, 0.1) is 0 Å². The maximum absolute atomic E-state index is 11.4. The molecule has 0 aromatic carbocycles. The first kappa shape index (κ1) is 18.2. The highest BCUT2D eigenvalue weighted by atomic mass is 28.4. The summed E-state index contributed by atoms with van der Waals surface area (Å²) in [5.74, 6) is -1.06. The van der Waals surface area contributed by atoms with Crippen molar-refractivity contribution in [2.45, 2.75) is 83.2 Å². The third-order valence-corrected chi connectivity index (χ3v) is 8.94. The van der Waals surface area contributed by atoms with E-state index in [1.807, 2.05) is 0 Å². The van der Waals surface area contributed by atoms with Crippen LogP contribution in [0.4, 0.5) is 0 Å². The van der Waals surface area contributed by atoms with Gasteiger partial charge in [-0.2, -0.15) is 0 Å². The Morgan fingerprint density at radius 3 is 2.57 bits per heavy atom. The van der Waals surface area contributed by atoms with Crippen LogP contribution in [0.3, 0.4) is 0 Å². The molecule has 0 saturated carbocycles. The molecule has 0 aliphatic carbocycles. The van der Waals surface area contributed by atoms with E-state index in [4.69, 9.17) is 14.3 Å². The zero-order valence-corrected chi connectivity index (χ0v) is 14.8. The lowest BCUT2D eigenvalue weighted by molar-refractivity contribution is -0.155. The third kappa shape index (κ3) is 5.78. The average molecular weight is 316 g/mol. The van der Waals surface area contributed by atoms with Gasteiger partial charge < -0.3 is 14.3 Å². The lowest BCUT2D eigenvalue weighted by atomic mass is 10.0. The van der Waals surface area contributed by atoms with Crippen molar-refractivity contribution >= 4 is 20.3 Å². The number of carboxylic acid groups (broad SMARTS) is 1. The van der Waals surface area contributed by atoms with Crippen LogP contribution in [0.25, 0.3) is 0 Å². The molecule has 1 rings (SSSR count). The van der Waals surface area contributed by atoms with Crippen molar-refractivity contribution in [2.24, 2.45) is 0 Å². The average Bonchev–Trinajstić information content (AvgIpc) is 2.25. The Morgan fingerprint density at radius 1 is 1.48 bits per heavy atom. The van der Waals surface area contributed by atoms with Gasteiger partial charge in [-0.25, -0.2) is 0 Å². The predicted octanol–water partition coefficient (Wildman–Crippen LogP) is 3.34. The molecule has 5 nitrogen and oxygen atoms in total. The van der Waals surface area contributed by atoms with Crippen LogP contribution >= 0.6 is 0 Å². The molecule has 0 aromatic rings. The van der Waals surface area contributed by atoms with Gasteiger partial charge in [0.1, 0.15) is 6.10 Å². The number of rotatable bonds is 6. The normalized spacial score (nSPS) is 21.8. The molecule has 0 radical (unpaired) electrons. The molecule has 0 amide bonds. The van der Waals surface area contributed by atoms with Crippen molar-refractivity contribution < 1.29 is 23.9 Å². The van der Waals surface area contributed by atoms with Crippen LogP contribution in [0.2, 0.25) is 18.1 Å². The Bertz CT molecular complexity index is 386. The van der Waals surface area contributed by atoms with Gasteiger partial charge in [-0.3, -0.25) is 9.59 Å². The number of carbonyl (C=O) groups excluding carboxylic acids is 1. The molecule has 0 aromatic heterocycles. The Labute approximate surface area is 128 Å². The van der Waals surface area contributed by atoms with E-state index < -0.39 is 14.3 Å². The number of carboxylic acids is 1. The van der Waals surface area contributed by atoms with Gasteiger partial charge >= 0.3 is 11.9 Å². The summed E-state index contributed by atoms with van der Waals surface area (Å²) in [6.45, 7) is 10.6. The molecule has 2 atom stereocenters. The Kier molecular flexibility index (Phi) is 5.98. The second-order valence-electron chi connectivity index (χ2n) is 7.34. The zero-order valence-electron chi connectivity index (χ0n) is 13.8. The van der Waals surface area contributed by atoms with Gasteiger partial charge in [0, 0.05) is 12.8 Å². The largest absolute Gasteiger partial charge is 0.481 e. The highest BCUT2D eigenvalue weighted by Gasteiger charge is 2.40. The maximum Gasteiger partial charge on any atom is 0.306 e. The van der Waals surface area contributed by atoms with Crippen molar-refractivity contribution in [3.63, 3.8) is 0 Å². The Balaban J connectivity index is 2.71. The van der Waals surface area contributed by atoms with Gasteiger partial charge in [0.05, 0.1) is 12.5 Å². The molecule has 1 saturated heterocycles. The van der Waals surface area contributed by atoms with Crippen LogP contribution in [-0.2, 0) is 18.8 Å². The molecule has 1 heterocycles. The fourth-order valence-corrected chi connectivity index (χ4v) is 3.56. The smallest absolute Gasteiger partial charge is 0.306 e. The van der Waals surface area contributed by atoms with Crippen LogP contribution in [0.5, 0.6) is 0 Å². The highest BCUT2D eigenvalue weighted by Crippen LogP contribution is 2.38. The minimum atomic E-state index is -2.04. The van der Waals surface area contributed by atoms with E-state index in [0.717, 1.165) is 12.8 Å². The Hall–Kier alpha value is -0.883. The summed E-state index contributed by atoms with van der Waals surface area (Å²) in [4.78, 5) is 22.4. The number of hydrogen-bond acceptors (Lipinski definition) is 4. The molecule has 1 N–H and O–H groups in total. The van der Waals surface area contributed by atoms with E-state index in [0.29, 0.717) is 12.8 Å². The van der Waals surface area contributed by atoms with Crippen molar-refractivity contribution in [3.05, 3.63) is 0 Å². The zero-order chi connectivity index (χ0) is 16.3. The molecule has 6 heteroatoms. The number of ether oxygens (including phenoxy) is 1. The van der Waals surface area contributed by atoms with Crippen molar-refractivity contribution in [1.82, 2.24) is 0 Å². The molecule has 1 aliphatic rings. The lowest BCUT2D eigenvalue weighted by Gasteiger charge is -2.40. The number of cyclic esters (lactones) is 1. The van der Waals surface area contributed by atoms with Gasteiger partial charge in [0.2, 0.25) is 0 Å². The molecule has 122 valence electrons. The summed E-state index contributed by atoms with van der Waals surface area (Å²) < 4.78 is 11.5. The first-order valence-corrected chi connectivity index (χ1v) is 10.5. The summed E-state index contributed by atoms with van der Waals surface area (Å²) >= 11 is 0. The van der Waals surface area contributed by atoms with Crippen molar-refractivity contribution in [3.8, 4) is 0 Å². The third-order valence-electron chi connectivity index (χ3n) is 4.40. The van der Waals surface area contributed by atoms with Crippen molar-refractivity contribution in [2.75, 3.05) is 0 Å². The number of hydrogen-bond donors (Lipinski definition) is 1. The first-order valence-electron chi connectivity index (χ1n) is 7.60. The van der Waals surface area contributed by atoms with E-state index in [1.54, 1.807) is 0 Å². The van der Waals surface area contributed by atoms with Crippen LogP contribution in [0.1, 0.15) is 52.9 Å². The van der Waals surface area contributed by atoms with Gasteiger partial charge in [-0.15, -0.1) is 0 Å². The van der Waals surface area contributed by atoms with Crippen LogP contribution in [0.15, 0.2) is 0 Å². The Morgan fingerprint density at radius 2 is 2.10 bits per heavy atom. The predicted molar refractivity (Wildman–Crippen MR) is 82.7 cm³/mol. The van der Waals surface area contributed by atoms with Gasteiger partial charge in [-0.1, -0.05) is 20.8 Å².